The van der Waals surface area contributed by atoms with Crippen LogP contribution < -0.4 is 9.46 Å². The van der Waals surface area contributed by atoms with Gasteiger partial charge in [-0.2, -0.15) is 0 Å². The molecule has 0 spiro atoms. The Bertz CT molecular complexity index is 763. The average Bonchev–Trinajstić information content (AvgIpc) is 2.48. The lowest BCUT2D eigenvalue weighted by atomic mass is 10.2. The van der Waals surface area contributed by atoms with Crippen LogP contribution in [0.15, 0.2) is 47.4 Å². The Kier molecular flexibility index (Phi) is 5.69. The molecule has 0 aliphatic rings. The molecule has 2 aromatic carbocycles. The molecular formula is C15H15Cl2NO3S. The first-order valence-corrected chi connectivity index (χ1v) is 8.77. The van der Waals surface area contributed by atoms with Crippen LogP contribution in [0.2, 0.25) is 10.0 Å². The quantitative estimate of drug-likeness (QED) is 0.800. The molecular weight excluding hydrogens is 345 g/mol. The van der Waals surface area contributed by atoms with Crippen molar-refractivity contribution in [1.29, 1.82) is 0 Å². The number of rotatable bonds is 6. The molecule has 0 heterocycles. The van der Waals surface area contributed by atoms with Crippen molar-refractivity contribution in [1.82, 2.24) is 4.72 Å². The second-order valence-corrected chi connectivity index (χ2v) is 7.17. The van der Waals surface area contributed by atoms with E-state index in [1.54, 1.807) is 37.3 Å². The minimum Gasteiger partial charge on any atom is -0.491 e. The number of nitrogens with one attached hydrogen (secondary N) is 1. The van der Waals surface area contributed by atoms with E-state index in [-0.39, 0.29) is 18.0 Å². The van der Waals surface area contributed by atoms with Crippen LogP contribution in [0.4, 0.5) is 0 Å². The summed E-state index contributed by atoms with van der Waals surface area (Å²) in [5, 5.41) is 1.01. The second kappa shape index (κ2) is 7.33. The molecule has 0 unspecified atom stereocenters. The summed E-state index contributed by atoms with van der Waals surface area (Å²) in [5.41, 5.74) is 0.705. The smallest absolute Gasteiger partial charge is 0.240 e. The summed E-state index contributed by atoms with van der Waals surface area (Å²) in [6.45, 7) is 2.06. The van der Waals surface area contributed by atoms with E-state index in [1.807, 2.05) is 0 Å². The van der Waals surface area contributed by atoms with Crippen LogP contribution in [0.5, 0.6) is 5.75 Å². The van der Waals surface area contributed by atoms with Crippen LogP contribution in [0, 0.1) is 6.92 Å². The van der Waals surface area contributed by atoms with Crippen LogP contribution in [0.1, 0.15) is 5.56 Å². The number of ether oxygens (including phenoxy) is 1. The van der Waals surface area contributed by atoms with Crippen molar-refractivity contribution in [2.75, 3.05) is 13.2 Å². The lowest BCUT2D eigenvalue weighted by Gasteiger charge is -2.10. The molecule has 0 fully saturated rings. The maximum atomic E-state index is 12.1. The minimum absolute atomic E-state index is 0.134. The molecule has 0 bridgehead atoms. The van der Waals surface area contributed by atoms with E-state index in [0.29, 0.717) is 21.4 Å². The Labute approximate surface area is 140 Å². The Balaban J connectivity index is 1.93. The van der Waals surface area contributed by atoms with Crippen molar-refractivity contribution < 1.29 is 13.2 Å². The molecule has 0 atom stereocenters. The third-order valence-corrected chi connectivity index (χ3v) is 5.12. The zero-order valence-electron chi connectivity index (χ0n) is 11.8. The molecule has 7 heteroatoms. The largest absolute Gasteiger partial charge is 0.491 e. The van der Waals surface area contributed by atoms with Crippen molar-refractivity contribution in [2.45, 2.75) is 11.8 Å². The van der Waals surface area contributed by atoms with Gasteiger partial charge >= 0.3 is 0 Å². The topological polar surface area (TPSA) is 55.4 Å². The number of hydrogen-bond acceptors (Lipinski definition) is 3. The van der Waals surface area contributed by atoms with Crippen molar-refractivity contribution >= 4 is 33.2 Å². The van der Waals surface area contributed by atoms with E-state index in [0.717, 1.165) is 0 Å². The highest BCUT2D eigenvalue weighted by atomic mass is 35.5. The molecule has 0 saturated carbocycles. The van der Waals surface area contributed by atoms with E-state index in [9.17, 15) is 8.42 Å². The summed E-state index contributed by atoms with van der Waals surface area (Å²) >= 11 is 11.8. The van der Waals surface area contributed by atoms with Gasteiger partial charge in [0.15, 0.2) is 0 Å². The third-order valence-electron chi connectivity index (χ3n) is 2.93. The van der Waals surface area contributed by atoms with Crippen LogP contribution in [0.25, 0.3) is 0 Å². The SMILES string of the molecule is Cc1cc(S(=O)(=O)NCCOc2ccccc2Cl)ccc1Cl. The summed E-state index contributed by atoms with van der Waals surface area (Å²) in [4.78, 5) is 0.173. The molecule has 0 amide bonds. The number of sulfonamides is 1. The molecule has 2 aromatic rings. The Morgan fingerprint density at radius 2 is 1.82 bits per heavy atom. The highest BCUT2D eigenvalue weighted by Gasteiger charge is 2.14. The lowest BCUT2D eigenvalue weighted by molar-refractivity contribution is 0.323. The second-order valence-electron chi connectivity index (χ2n) is 4.59. The first-order chi connectivity index (χ1) is 10.4. The zero-order chi connectivity index (χ0) is 16.2. The first kappa shape index (κ1) is 17.1. The molecule has 0 radical (unpaired) electrons. The fourth-order valence-corrected chi connectivity index (χ4v) is 3.17. The van der Waals surface area contributed by atoms with Gasteiger partial charge in [0.25, 0.3) is 0 Å². The molecule has 0 saturated heterocycles. The average molecular weight is 360 g/mol. The fourth-order valence-electron chi connectivity index (χ4n) is 1.77. The summed E-state index contributed by atoms with van der Waals surface area (Å²) in [7, 11) is -3.59. The predicted octanol–water partition coefficient (Wildman–Crippen LogP) is 3.66. The Hall–Kier alpha value is -1.27. The van der Waals surface area contributed by atoms with Crippen LogP contribution in [0.3, 0.4) is 0 Å². The van der Waals surface area contributed by atoms with Crippen molar-refractivity contribution in [3.05, 3.63) is 58.1 Å². The molecule has 0 aliphatic carbocycles. The zero-order valence-corrected chi connectivity index (χ0v) is 14.2. The number of halogens is 2. The number of para-hydroxylation sites is 1. The molecule has 0 aromatic heterocycles. The maximum Gasteiger partial charge on any atom is 0.240 e. The van der Waals surface area contributed by atoms with E-state index >= 15 is 0 Å². The van der Waals surface area contributed by atoms with Gasteiger partial charge in [-0.3, -0.25) is 0 Å². The van der Waals surface area contributed by atoms with Gasteiger partial charge < -0.3 is 4.74 Å². The summed E-state index contributed by atoms with van der Waals surface area (Å²) in [5.74, 6) is 0.519. The van der Waals surface area contributed by atoms with Crippen molar-refractivity contribution in [2.24, 2.45) is 0 Å². The first-order valence-electron chi connectivity index (χ1n) is 6.53. The molecule has 4 nitrogen and oxygen atoms in total. The third kappa shape index (κ3) is 4.36. The summed E-state index contributed by atoms with van der Waals surface area (Å²) < 4.78 is 32.2. The van der Waals surface area contributed by atoms with Gasteiger partial charge in [-0.05, 0) is 42.8 Å². The van der Waals surface area contributed by atoms with Gasteiger partial charge in [0.05, 0.1) is 9.92 Å². The predicted molar refractivity (Wildman–Crippen MR) is 88.3 cm³/mol. The van der Waals surface area contributed by atoms with Crippen molar-refractivity contribution in [3.63, 3.8) is 0 Å². The summed E-state index contributed by atoms with van der Waals surface area (Å²) in [6.07, 6.45) is 0. The van der Waals surface area contributed by atoms with Gasteiger partial charge in [-0.15, -0.1) is 0 Å². The van der Waals surface area contributed by atoms with Crippen LogP contribution >= 0.6 is 23.2 Å². The normalized spacial score (nSPS) is 11.4. The number of aryl methyl sites for hydroxylation is 1. The van der Waals surface area contributed by atoms with Crippen LogP contribution in [-0.4, -0.2) is 21.6 Å². The van der Waals surface area contributed by atoms with Gasteiger partial charge in [0.1, 0.15) is 12.4 Å². The van der Waals surface area contributed by atoms with Gasteiger partial charge in [-0.25, -0.2) is 13.1 Å². The number of benzene rings is 2. The molecule has 118 valence electrons. The molecule has 1 N–H and O–H groups in total. The molecule has 22 heavy (non-hydrogen) atoms. The van der Waals surface area contributed by atoms with Crippen LogP contribution in [-0.2, 0) is 10.0 Å². The van der Waals surface area contributed by atoms with Gasteiger partial charge in [-0.1, -0.05) is 35.3 Å². The number of hydrogen-bond donors (Lipinski definition) is 1. The van der Waals surface area contributed by atoms with E-state index in [4.69, 9.17) is 27.9 Å². The molecule has 2 rings (SSSR count). The van der Waals surface area contributed by atoms with E-state index in [2.05, 4.69) is 4.72 Å². The fraction of sp³-hybridized carbons (Fsp3) is 0.200. The van der Waals surface area contributed by atoms with Crippen molar-refractivity contribution in [3.8, 4) is 5.75 Å². The Morgan fingerprint density at radius 1 is 1.09 bits per heavy atom. The standard InChI is InChI=1S/C15H15Cl2NO3S/c1-11-10-12(6-7-13(11)16)22(19,20)18-8-9-21-15-5-3-2-4-14(15)17/h2-7,10,18H,8-9H2,1H3. The minimum atomic E-state index is -3.59. The summed E-state index contributed by atoms with van der Waals surface area (Å²) in [6, 6.07) is 11.6. The van der Waals surface area contributed by atoms with Gasteiger partial charge in [0, 0.05) is 11.6 Å². The maximum absolute atomic E-state index is 12.1. The van der Waals surface area contributed by atoms with E-state index in [1.165, 1.54) is 12.1 Å². The Morgan fingerprint density at radius 3 is 2.50 bits per heavy atom. The molecule has 0 aliphatic heterocycles. The monoisotopic (exact) mass is 359 g/mol. The van der Waals surface area contributed by atoms with E-state index < -0.39 is 10.0 Å². The lowest BCUT2D eigenvalue weighted by Crippen LogP contribution is -2.28. The van der Waals surface area contributed by atoms with Gasteiger partial charge in [0.2, 0.25) is 10.0 Å². The highest BCUT2D eigenvalue weighted by Crippen LogP contribution is 2.23. The highest BCUT2D eigenvalue weighted by molar-refractivity contribution is 7.89.